The number of carboxylic acids is 1. The van der Waals surface area contributed by atoms with E-state index in [-0.39, 0.29) is 25.5 Å². The molecule has 21 heavy (non-hydrogen) atoms. The molecule has 0 aromatic rings. The van der Waals surface area contributed by atoms with Crippen molar-refractivity contribution in [2.45, 2.75) is 50.3 Å². The summed E-state index contributed by atoms with van der Waals surface area (Å²) in [6.07, 6.45) is 3.97. The first-order valence-electron chi connectivity index (χ1n) is 7.33. The number of piperazine rings is 1. The molecule has 7 nitrogen and oxygen atoms in total. The molecule has 1 atom stereocenters. The van der Waals surface area contributed by atoms with Gasteiger partial charge in [0, 0.05) is 26.6 Å². The van der Waals surface area contributed by atoms with Crippen molar-refractivity contribution in [3.8, 4) is 0 Å². The van der Waals surface area contributed by atoms with Crippen molar-refractivity contribution >= 4 is 21.9 Å². The molecule has 2 rings (SSSR count). The van der Waals surface area contributed by atoms with E-state index in [1.807, 2.05) is 0 Å². The van der Waals surface area contributed by atoms with Crippen molar-refractivity contribution in [3.63, 3.8) is 0 Å². The topological polar surface area (TPSA) is 95.0 Å². The molecule has 1 heterocycles. The maximum atomic E-state index is 12.7. The Morgan fingerprint density at radius 3 is 2.24 bits per heavy atom. The van der Waals surface area contributed by atoms with E-state index in [4.69, 9.17) is 0 Å². The number of hydrogen-bond acceptors (Lipinski definition) is 4. The molecule has 0 radical (unpaired) electrons. The van der Waals surface area contributed by atoms with Crippen LogP contribution in [0.25, 0.3) is 0 Å². The SMILES string of the molecule is CC(=O)N1CCN(S(=O)(=O)C2CCCCC2)C(C(=O)O)C1. The highest BCUT2D eigenvalue weighted by molar-refractivity contribution is 7.89. The quantitative estimate of drug-likeness (QED) is 0.806. The van der Waals surface area contributed by atoms with Crippen LogP contribution in [0.2, 0.25) is 0 Å². The summed E-state index contributed by atoms with van der Waals surface area (Å²) in [6, 6.07) is -1.17. The Morgan fingerprint density at radius 2 is 1.71 bits per heavy atom. The summed E-state index contributed by atoms with van der Waals surface area (Å²) in [4.78, 5) is 24.2. The first-order valence-corrected chi connectivity index (χ1v) is 8.83. The minimum Gasteiger partial charge on any atom is -0.480 e. The fourth-order valence-corrected chi connectivity index (χ4v) is 5.27. The van der Waals surface area contributed by atoms with Gasteiger partial charge in [0.1, 0.15) is 6.04 Å². The molecule has 1 amide bonds. The van der Waals surface area contributed by atoms with Crippen LogP contribution in [-0.4, -0.2) is 65.5 Å². The summed E-state index contributed by atoms with van der Waals surface area (Å²) in [6.45, 7) is 1.61. The average molecular weight is 318 g/mol. The Hall–Kier alpha value is -1.15. The maximum Gasteiger partial charge on any atom is 0.323 e. The molecule has 8 heteroatoms. The van der Waals surface area contributed by atoms with Crippen molar-refractivity contribution in [1.82, 2.24) is 9.21 Å². The van der Waals surface area contributed by atoms with Crippen LogP contribution < -0.4 is 0 Å². The van der Waals surface area contributed by atoms with Gasteiger partial charge >= 0.3 is 5.97 Å². The zero-order valence-electron chi connectivity index (χ0n) is 12.2. The summed E-state index contributed by atoms with van der Waals surface area (Å²) in [5.74, 6) is -1.42. The first kappa shape index (κ1) is 16.2. The summed E-state index contributed by atoms with van der Waals surface area (Å²) >= 11 is 0. The number of carbonyl (C=O) groups is 2. The van der Waals surface area contributed by atoms with Gasteiger partial charge < -0.3 is 10.0 Å². The minimum atomic E-state index is -3.61. The lowest BCUT2D eigenvalue weighted by molar-refractivity contribution is -0.145. The van der Waals surface area contributed by atoms with Crippen LogP contribution in [0.4, 0.5) is 0 Å². The van der Waals surface area contributed by atoms with Gasteiger partial charge in [-0.05, 0) is 12.8 Å². The lowest BCUT2D eigenvalue weighted by Gasteiger charge is -2.40. The van der Waals surface area contributed by atoms with E-state index in [1.54, 1.807) is 0 Å². The molecular formula is C13H22N2O5S. The van der Waals surface area contributed by atoms with Crippen LogP contribution in [0.1, 0.15) is 39.0 Å². The fourth-order valence-electron chi connectivity index (χ4n) is 3.11. The Morgan fingerprint density at radius 1 is 1.10 bits per heavy atom. The first-order chi connectivity index (χ1) is 9.84. The van der Waals surface area contributed by atoms with Gasteiger partial charge in [-0.25, -0.2) is 8.42 Å². The number of aliphatic carboxylic acids is 1. The van der Waals surface area contributed by atoms with E-state index < -0.39 is 27.3 Å². The summed E-state index contributed by atoms with van der Waals surface area (Å²) in [7, 11) is -3.61. The normalized spacial score (nSPS) is 25.8. The van der Waals surface area contributed by atoms with Crippen molar-refractivity contribution in [2.75, 3.05) is 19.6 Å². The number of carbonyl (C=O) groups excluding carboxylic acids is 1. The Balaban J connectivity index is 2.20. The molecule has 1 N–H and O–H groups in total. The third-order valence-electron chi connectivity index (χ3n) is 4.36. The van der Waals surface area contributed by atoms with Crippen molar-refractivity contribution in [2.24, 2.45) is 0 Å². The molecule has 2 fully saturated rings. The van der Waals surface area contributed by atoms with Gasteiger partial charge in [0.25, 0.3) is 0 Å². The lowest BCUT2D eigenvalue weighted by Crippen LogP contribution is -2.60. The van der Waals surface area contributed by atoms with Gasteiger partial charge in [-0.3, -0.25) is 9.59 Å². The smallest absolute Gasteiger partial charge is 0.323 e. The van der Waals surface area contributed by atoms with Gasteiger partial charge in [-0.15, -0.1) is 0 Å². The predicted octanol–water partition coefficient (Wildman–Crippen LogP) is 0.266. The summed E-state index contributed by atoms with van der Waals surface area (Å²) < 4.78 is 26.5. The van der Waals surface area contributed by atoms with E-state index in [1.165, 1.54) is 11.8 Å². The van der Waals surface area contributed by atoms with E-state index in [0.29, 0.717) is 12.8 Å². The molecule has 1 aliphatic heterocycles. The minimum absolute atomic E-state index is 0.0649. The van der Waals surface area contributed by atoms with Crippen molar-refractivity contribution in [1.29, 1.82) is 0 Å². The number of hydrogen-bond donors (Lipinski definition) is 1. The Kier molecular flexibility index (Phi) is 4.88. The zero-order valence-corrected chi connectivity index (χ0v) is 13.0. The molecular weight excluding hydrogens is 296 g/mol. The van der Waals surface area contributed by atoms with Crippen molar-refractivity contribution < 1.29 is 23.1 Å². The summed E-state index contributed by atoms with van der Waals surface area (Å²) in [5.41, 5.74) is 0. The third kappa shape index (κ3) is 3.37. The molecule has 0 aromatic carbocycles. The molecule has 2 aliphatic rings. The van der Waals surface area contributed by atoms with Gasteiger partial charge in [0.2, 0.25) is 15.9 Å². The molecule has 1 saturated heterocycles. The zero-order chi connectivity index (χ0) is 15.6. The molecule has 1 saturated carbocycles. The molecule has 1 aliphatic carbocycles. The van der Waals surface area contributed by atoms with Crippen LogP contribution in [0.15, 0.2) is 0 Å². The van der Waals surface area contributed by atoms with E-state index in [9.17, 15) is 23.1 Å². The van der Waals surface area contributed by atoms with Crippen LogP contribution in [-0.2, 0) is 19.6 Å². The number of carboxylic acid groups (broad SMARTS) is 1. The molecule has 0 spiro atoms. The second kappa shape index (κ2) is 6.31. The molecule has 120 valence electrons. The number of sulfonamides is 1. The fraction of sp³-hybridized carbons (Fsp3) is 0.846. The molecule has 1 unspecified atom stereocenters. The van der Waals surface area contributed by atoms with Gasteiger partial charge in [0.05, 0.1) is 5.25 Å². The van der Waals surface area contributed by atoms with Crippen LogP contribution >= 0.6 is 0 Å². The highest BCUT2D eigenvalue weighted by Gasteiger charge is 2.43. The van der Waals surface area contributed by atoms with E-state index in [0.717, 1.165) is 23.6 Å². The second-order valence-electron chi connectivity index (χ2n) is 5.73. The lowest BCUT2D eigenvalue weighted by atomic mass is 10.0. The number of amides is 1. The number of nitrogens with zero attached hydrogens (tertiary/aromatic N) is 2. The Bertz CT molecular complexity index is 513. The number of rotatable bonds is 3. The second-order valence-corrected chi connectivity index (χ2v) is 7.90. The van der Waals surface area contributed by atoms with Crippen LogP contribution in [0, 0.1) is 0 Å². The largest absolute Gasteiger partial charge is 0.480 e. The van der Waals surface area contributed by atoms with Gasteiger partial charge in [-0.2, -0.15) is 4.31 Å². The standard InChI is InChI=1S/C13H22N2O5S/c1-10(16)14-7-8-15(12(9-14)13(17)18)21(19,20)11-5-3-2-4-6-11/h11-12H,2-9H2,1H3,(H,17,18). The average Bonchev–Trinajstić information content (AvgIpc) is 2.47. The summed E-state index contributed by atoms with van der Waals surface area (Å²) in [5, 5.41) is 8.85. The highest BCUT2D eigenvalue weighted by Crippen LogP contribution is 2.28. The third-order valence-corrected chi connectivity index (χ3v) is 6.77. The predicted molar refractivity (Wildman–Crippen MR) is 76.2 cm³/mol. The monoisotopic (exact) mass is 318 g/mol. The van der Waals surface area contributed by atoms with Gasteiger partial charge in [0.15, 0.2) is 0 Å². The van der Waals surface area contributed by atoms with Crippen LogP contribution in [0.3, 0.4) is 0 Å². The van der Waals surface area contributed by atoms with E-state index >= 15 is 0 Å². The molecule has 0 aromatic heterocycles. The molecule has 0 bridgehead atoms. The Labute approximate surface area is 125 Å². The van der Waals surface area contributed by atoms with E-state index in [2.05, 4.69) is 0 Å². The maximum absolute atomic E-state index is 12.7. The van der Waals surface area contributed by atoms with Crippen molar-refractivity contribution in [3.05, 3.63) is 0 Å². The van der Waals surface area contributed by atoms with Gasteiger partial charge in [-0.1, -0.05) is 19.3 Å². The van der Waals surface area contributed by atoms with Crippen LogP contribution in [0.5, 0.6) is 0 Å². The highest BCUT2D eigenvalue weighted by atomic mass is 32.2.